The fourth-order valence-corrected chi connectivity index (χ4v) is 1.75. The zero-order valence-electron chi connectivity index (χ0n) is 10.2. The van der Waals surface area contributed by atoms with E-state index < -0.39 is 17.6 Å². The van der Waals surface area contributed by atoms with Gasteiger partial charge in [0, 0.05) is 13.2 Å². The van der Waals surface area contributed by atoms with E-state index in [-0.39, 0.29) is 16.4 Å². The van der Waals surface area contributed by atoms with Gasteiger partial charge in [-0.2, -0.15) is 18.3 Å². The quantitative estimate of drug-likeness (QED) is 0.925. The van der Waals surface area contributed by atoms with Crippen LogP contribution in [0.2, 0.25) is 5.02 Å². The van der Waals surface area contributed by atoms with Crippen molar-refractivity contribution in [1.82, 2.24) is 9.78 Å². The molecule has 8 heteroatoms. The molecule has 0 fully saturated rings. The number of amides is 1. The van der Waals surface area contributed by atoms with E-state index in [9.17, 15) is 18.0 Å². The number of aryl methyl sites for hydroxylation is 1. The summed E-state index contributed by atoms with van der Waals surface area (Å²) in [4.78, 5) is 11.9. The Morgan fingerprint density at radius 2 is 2.05 bits per heavy atom. The van der Waals surface area contributed by atoms with Crippen molar-refractivity contribution in [2.45, 2.75) is 6.18 Å². The zero-order chi connectivity index (χ0) is 14.9. The predicted octanol–water partition coefficient (Wildman–Crippen LogP) is 3.34. The minimum absolute atomic E-state index is 0.0218. The number of anilines is 1. The molecular weight excluding hydrogens is 295 g/mol. The summed E-state index contributed by atoms with van der Waals surface area (Å²) in [6, 6.07) is 4.17. The summed E-state index contributed by atoms with van der Waals surface area (Å²) in [5, 5.41) is 6.16. The van der Waals surface area contributed by atoms with Crippen LogP contribution in [-0.4, -0.2) is 15.7 Å². The number of rotatable bonds is 2. The lowest BCUT2D eigenvalue weighted by atomic mass is 10.2. The molecule has 1 aromatic carbocycles. The first kappa shape index (κ1) is 14.4. The molecule has 0 bridgehead atoms. The Morgan fingerprint density at radius 1 is 1.35 bits per heavy atom. The smallest absolute Gasteiger partial charge is 0.319 e. The number of alkyl halides is 3. The van der Waals surface area contributed by atoms with Crippen LogP contribution in [0.5, 0.6) is 0 Å². The van der Waals surface area contributed by atoms with Gasteiger partial charge >= 0.3 is 6.18 Å². The lowest BCUT2D eigenvalue weighted by Gasteiger charge is -2.11. The average molecular weight is 304 g/mol. The standard InChI is InChI=1S/C12H9ClF3N3O/c1-19-10(4-5-17-19)11(20)18-9-6-7(12(14,15)16)2-3-8(9)13/h2-6H,1H3,(H,18,20). The zero-order valence-corrected chi connectivity index (χ0v) is 11.0. The average Bonchev–Trinajstić information content (AvgIpc) is 2.77. The maximum Gasteiger partial charge on any atom is 0.416 e. The summed E-state index contributed by atoms with van der Waals surface area (Å²) in [5.41, 5.74) is -0.784. The first-order valence-electron chi connectivity index (χ1n) is 5.45. The summed E-state index contributed by atoms with van der Waals surface area (Å²) >= 11 is 5.79. The van der Waals surface area contributed by atoms with Crippen molar-refractivity contribution in [2.24, 2.45) is 7.05 Å². The number of halogens is 4. The van der Waals surface area contributed by atoms with Gasteiger partial charge in [0.05, 0.1) is 16.3 Å². The molecule has 1 heterocycles. The van der Waals surface area contributed by atoms with E-state index in [1.807, 2.05) is 0 Å². The van der Waals surface area contributed by atoms with E-state index in [1.54, 1.807) is 7.05 Å². The minimum Gasteiger partial charge on any atom is -0.319 e. The predicted molar refractivity (Wildman–Crippen MR) is 67.6 cm³/mol. The lowest BCUT2D eigenvalue weighted by molar-refractivity contribution is -0.137. The van der Waals surface area contributed by atoms with Crippen LogP contribution in [0.1, 0.15) is 16.1 Å². The molecule has 0 aliphatic carbocycles. The first-order valence-corrected chi connectivity index (χ1v) is 5.83. The Hall–Kier alpha value is -2.02. The number of benzene rings is 1. The van der Waals surface area contributed by atoms with Crippen LogP contribution in [0, 0.1) is 0 Å². The maximum absolute atomic E-state index is 12.6. The van der Waals surface area contributed by atoms with Gasteiger partial charge in [0.1, 0.15) is 5.69 Å². The second kappa shape index (κ2) is 5.16. The van der Waals surface area contributed by atoms with Gasteiger partial charge in [0.2, 0.25) is 0 Å². The molecule has 0 aliphatic heterocycles. The third kappa shape index (κ3) is 2.93. The van der Waals surface area contributed by atoms with Crippen LogP contribution < -0.4 is 5.32 Å². The summed E-state index contributed by atoms with van der Waals surface area (Å²) in [6.07, 6.45) is -3.10. The third-order valence-electron chi connectivity index (χ3n) is 2.60. The highest BCUT2D eigenvalue weighted by Gasteiger charge is 2.31. The van der Waals surface area contributed by atoms with Gasteiger partial charge in [0.25, 0.3) is 5.91 Å². The molecule has 0 saturated heterocycles. The van der Waals surface area contributed by atoms with E-state index in [1.165, 1.54) is 16.9 Å². The Labute approximate surface area is 117 Å². The SMILES string of the molecule is Cn1nccc1C(=O)Nc1cc(C(F)(F)F)ccc1Cl. The van der Waals surface area contributed by atoms with Gasteiger partial charge in [-0.05, 0) is 24.3 Å². The fraction of sp³-hybridized carbons (Fsp3) is 0.167. The van der Waals surface area contributed by atoms with Crippen molar-refractivity contribution in [2.75, 3.05) is 5.32 Å². The van der Waals surface area contributed by atoms with Crippen LogP contribution in [0.3, 0.4) is 0 Å². The molecule has 0 saturated carbocycles. The number of carbonyl (C=O) groups is 1. The van der Waals surface area contributed by atoms with Gasteiger partial charge in [-0.3, -0.25) is 9.48 Å². The Balaban J connectivity index is 2.30. The first-order chi connectivity index (χ1) is 9.29. The second-order valence-corrected chi connectivity index (χ2v) is 4.39. The fourth-order valence-electron chi connectivity index (χ4n) is 1.58. The molecule has 1 N–H and O–H groups in total. The molecular formula is C12H9ClF3N3O. The number of hydrogen-bond acceptors (Lipinski definition) is 2. The van der Waals surface area contributed by atoms with Gasteiger partial charge in [0.15, 0.2) is 0 Å². The second-order valence-electron chi connectivity index (χ2n) is 3.99. The van der Waals surface area contributed by atoms with Crippen LogP contribution in [0.4, 0.5) is 18.9 Å². The van der Waals surface area contributed by atoms with E-state index in [4.69, 9.17) is 11.6 Å². The van der Waals surface area contributed by atoms with Crippen LogP contribution in [-0.2, 0) is 13.2 Å². The minimum atomic E-state index is -4.50. The van der Waals surface area contributed by atoms with E-state index in [0.29, 0.717) is 0 Å². The van der Waals surface area contributed by atoms with E-state index in [2.05, 4.69) is 10.4 Å². The molecule has 1 amide bonds. The Bertz CT molecular complexity index is 652. The maximum atomic E-state index is 12.6. The Kier molecular flexibility index (Phi) is 3.71. The molecule has 2 aromatic rings. The molecule has 4 nitrogen and oxygen atoms in total. The summed E-state index contributed by atoms with van der Waals surface area (Å²) in [7, 11) is 1.54. The van der Waals surface area contributed by atoms with Crippen LogP contribution >= 0.6 is 11.6 Å². The van der Waals surface area contributed by atoms with Crippen molar-refractivity contribution < 1.29 is 18.0 Å². The molecule has 20 heavy (non-hydrogen) atoms. The molecule has 0 aliphatic rings. The van der Waals surface area contributed by atoms with Crippen LogP contribution in [0.15, 0.2) is 30.5 Å². The monoisotopic (exact) mass is 303 g/mol. The molecule has 0 atom stereocenters. The summed E-state index contributed by atoms with van der Waals surface area (Å²) in [6.45, 7) is 0. The van der Waals surface area contributed by atoms with Crippen molar-refractivity contribution in [3.8, 4) is 0 Å². The van der Waals surface area contributed by atoms with Crippen molar-refractivity contribution in [3.63, 3.8) is 0 Å². The summed E-state index contributed by atoms with van der Waals surface area (Å²) in [5.74, 6) is -0.591. The largest absolute Gasteiger partial charge is 0.416 e. The number of nitrogens with zero attached hydrogens (tertiary/aromatic N) is 2. The highest BCUT2D eigenvalue weighted by atomic mass is 35.5. The van der Waals surface area contributed by atoms with E-state index in [0.717, 1.165) is 18.2 Å². The van der Waals surface area contributed by atoms with Gasteiger partial charge in [-0.15, -0.1) is 0 Å². The summed E-state index contributed by atoms with van der Waals surface area (Å²) < 4.78 is 39.1. The number of carbonyl (C=O) groups excluding carboxylic acids is 1. The normalized spacial score (nSPS) is 11.4. The molecule has 106 valence electrons. The number of nitrogens with one attached hydrogen (secondary N) is 1. The molecule has 0 unspecified atom stereocenters. The molecule has 1 aromatic heterocycles. The van der Waals surface area contributed by atoms with Crippen molar-refractivity contribution in [1.29, 1.82) is 0 Å². The van der Waals surface area contributed by atoms with Crippen molar-refractivity contribution in [3.05, 3.63) is 46.7 Å². The highest BCUT2D eigenvalue weighted by molar-refractivity contribution is 6.33. The molecule has 2 rings (SSSR count). The van der Waals surface area contributed by atoms with Gasteiger partial charge in [-0.1, -0.05) is 11.6 Å². The highest BCUT2D eigenvalue weighted by Crippen LogP contribution is 2.33. The Morgan fingerprint density at radius 3 is 2.60 bits per heavy atom. The molecule has 0 radical (unpaired) electrons. The molecule has 0 spiro atoms. The van der Waals surface area contributed by atoms with Crippen molar-refractivity contribution >= 4 is 23.2 Å². The third-order valence-corrected chi connectivity index (χ3v) is 2.93. The lowest BCUT2D eigenvalue weighted by Crippen LogP contribution is -2.17. The van der Waals surface area contributed by atoms with Crippen LogP contribution in [0.25, 0.3) is 0 Å². The van der Waals surface area contributed by atoms with Gasteiger partial charge < -0.3 is 5.32 Å². The van der Waals surface area contributed by atoms with Gasteiger partial charge in [-0.25, -0.2) is 0 Å². The number of hydrogen-bond donors (Lipinski definition) is 1. The van der Waals surface area contributed by atoms with E-state index >= 15 is 0 Å². The number of aromatic nitrogens is 2. The topological polar surface area (TPSA) is 46.9 Å².